The Kier molecular flexibility index (Phi) is 4.44. The topological polar surface area (TPSA) is 29.1 Å². The zero-order chi connectivity index (χ0) is 13.1. The summed E-state index contributed by atoms with van der Waals surface area (Å²) in [6, 6.07) is 6.37. The van der Waals surface area contributed by atoms with Crippen molar-refractivity contribution in [3.63, 3.8) is 0 Å². The van der Waals surface area contributed by atoms with Crippen LogP contribution in [0, 0.1) is 13.8 Å². The van der Waals surface area contributed by atoms with Crippen LogP contribution in [0.25, 0.3) is 0 Å². The summed E-state index contributed by atoms with van der Waals surface area (Å²) in [5, 5.41) is 3.16. The van der Waals surface area contributed by atoms with Crippen LogP contribution in [0.15, 0.2) is 18.2 Å². The Hall–Kier alpha value is -0.830. The number of hydrogen-bond donors (Lipinski definition) is 1. The second kappa shape index (κ2) is 5.87. The molecule has 1 N–H and O–H groups in total. The highest BCUT2D eigenvalue weighted by molar-refractivity contribution is 9.09. The van der Waals surface area contributed by atoms with E-state index >= 15 is 0 Å². The molecular weight excluding hydrogens is 290 g/mol. The van der Waals surface area contributed by atoms with E-state index in [1.807, 2.05) is 32.0 Å². The Bertz CT molecular complexity index is 436. The van der Waals surface area contributed by atoms with Gasteiger partial charge in [0.2, 0.25) is 0 Å². The number of carbonyl (C=O) groups excluding carboxylic acids is 1. The Morgan fingerprint density at radius 1 is 1.22 bits per heavy atom. The summed E-state index contributed by atoms with van der Waals surface area (Å²) in [5.41, 5.74) is 3.00. The smallest absolute Gasteiger partial charge is 0.251 e. The van der Waals surface area contributed by atoms with Crippen LogP contribution in [0.3, 0.4) is 0 Å². The van der Waals surface area contributed by atoms with Gasteiger partial charge in [-0.15, -0.1) is 0 Å². The van der Waals surface area contributed by atoms with Crippen LogP contribution >= 0.6 is 15.9 Å². The van der Waals surface area contributed by atoms with Crippen molar-refractivity contribution in [2.45, 2.75) is 50.4 Å². The van der Waals surface area contributed by atoms with Gasteiger partial charge in [0, 0.05) is 16.4 Å². The van der Waals surface area contributed by atoms with Gasteiger partial charge in [-0.1, -0.05) is 33.6 Å². The zero-order valence-corrected chi connectivity index (χ0v) is 12.6. The molecule has 2 rings (SSSR count). The van der Waals surface area contributed by atoms with Crippen molar-refractivity contribution in [2.24, 2.45) is 0 Å². The van der Waals surface area contributed by atoms with Crippen molar-refractivity contribution in [3.8, 4) is 0 Å². The number of alkyl halides is 1. The van der Waals surface area contributed by atoms with Crippen molar-refractivity contribution in [3.05, 3.63) is 34.9 Å². The molecule has 1 aliphatic rings. The number of halogens is 1. The van der Waals surface area contributed by atoms with Gasteiger partial charge in [0.05, 0.1) is 0 Å². The maximum Gasteiger partial charge on any atom is 0.251 e. The van der Waals surface area contributed by atoms with Crippen LogP contribution < -0.4 is 5.32 Å². The number of carbonyl (C=O) groups is 1. The van der Waals surface area contributed by atoms with Gasteiger partial charge in [-0.25, -0.2) is 0 Å². The molecule has 3 heteroatoms. The van der Waals surface area contributed by atoms with E-state index in [0.717, 1.165) is 42.4 Å². The molecule has 0 unspecified atom stereocenters. The number of amides is 1. The first kappa shape index (κ1) is 13.6. The number of rotatable bonds is 2. The highest BCUT2D eigenvalue weighted by Gasteiger charge is 2.21. The van der Waals surface area contributed by atoms with Gasteiger partial charge in [0.25, 0.3) is 5.91 Å². The molecule has 0 saturated heterocycles. The summed E-state index contributed by atoms with van der Waals surface area (Å²) in [6.45, 7) is 4.01. The summed E-state index contributed by atoms with van der Waals surface area (Å²) in [7, 11) is 0. The first-order valence-electron chi connectivity index (χ1n) is 6.58. The lowest BCUT2D eigenvalue weighted by Crippen LogP contribution is -2.38. The molecule has 1 saturated carbocycles. The molecule has 0 bridgehead atoms. The van der Waals surface area contributed by atoms with E-state index in [1.54, 1.807) is 0 Å². The average Bonchev–Trinajstić information content (AvgIpc) is 2.35. The van der Waals surface area contributed by atoms with Gasteiger partial charge in [0.1, 0.15) is 0 Å². The summed E-state index contributed by atoms with van der Waals surface area (Å²) >= 11 is 3.64. The minimum Gasteiger partial charge on any atom is -0.349 e. The first-order valence-corrected chi connectivity index (χ1v) is 7.50. The lowest BCUT2D eigenvalue weighted by atomic mass is 9.95. The van der Waals surface area contributed by atoms with Gasteiger partial charge >= 0.3 is 0 Å². The fourth-order valence-electron chi connectivity index (χ4n) is 2.44. The van der Waals surface area contributed by atoms with Crippen LogP contribution in [0.2, 0.25) is 0 Å². The Balaban J connectivity index is 2.01. The number of aryl methyl sites for hydroxylation is 2. The van der Waals surface area contributed by atoms with Crippen molar-refractivity contribution in [1.29, 1.82) is 0 Å². The van der Waals surface area contributed by atoms with E-state index in [-0.39, 0.29) is 5.91 Å². The lowest BCUT2D eigenvalue weighted by molar-refractivity contribution is 0.0927. The Labute approximate surface area is 117 Å². The molecule has 1 aromatic rings. The third-order valence-electron chi connectivity index (χ3n) is 3.63. The fourth-order valence-corrected chi connectivity index (χ4v) is 2.97. The summed E-state index contributed by atoms with van der Waals surface area (Å²) in [4.78, 5) is 12.9. The lowest BCUT2D eigenvalue weighted by Gasteiger charge is -2.26. The van der Waals surface area contributed by atoms with Crippen LogP contribution in [0.1, 0.15) is 47.2 Å². The Morgan fingerprint density at radius 3 is 2.56 bits per heavy atom. The van der Waals surface area contributed by atoms with Crippen molar-refractivity contribution in [1.82, 2.24) is 5.32 Å². The molecule has 18 heavy (non-hydrogen) atoms. The van der Waals surface area contributed by atoms with Crippen molar-refractivity contribution >= 4 is 21.8 Å². The molecule has 0 radical (unpaired) electrons. The van der Waals surface area contributed by atoms with E-state index in [2.05, 4.69) is 21.2 Å². The highest BCUT2D eigenvalue weighted by atomic mass is 79.9. The molecule has 0 aromatic heterocycles. The molecule has 0 heterocycles. The van der Waals surface area contributed by atoms with Gasteiger partial charge in [-0.2, -0.15) is 0 Å². The quantitative estimate of drug-likeness (QED) is 0.828. The molecule has 0 spiro atoms. The number of benzene rings is 1. The summed E-state index contributed by atoms with van der Waals surface area (Å²) in [6.07, 6.45) is 4.45. The minimum absolute atomic E-state index is 0.0780. The SMILES string of the molecule is Cc1ccc(C)c(C(=O)NC2CCC(Br)CC2)c1. The monoisotopic (exact) mass is 309 g/mol. The van der Waals surface area contributed by atoms with E-state index in [1.165, 1.54) is 0 Å². The molecule has 1 aromatic carbocycles. The third-order valence-corrected chi connectivity index (χ3v) is 4.55. The molecule has 1 fully saturated rings. The maximum atomic E-state index is 12.2. The van der Waals surface area contributed by atoms with Crippen LogP contribution in [0.4, 0.5) is 0 Å². The van der Waals surface area contributed by atoms with Crippen LogP contribution in [0.5, 0.6) is 0 Å². The Morgan fingerprint density at radius 2 is 1.89 bits per heavy atom. The van der Waals surface area contributed by atoms with Gasteiger partial charge in [-0.05, 0) is 51.2 Å². The van der Waals surface area contributed by atoms with Crippen LogP contribution in [-0.2, 0) is 0 Å². The largest absolute Gasteiger partial charge is 0.349 e. The van der Waals surface area contributed by atoms with E-state index in [0.29, 0.717) is 10.9 Å². The zero-order valence-electron chi connectivity index (χ0n) is 11.0. The van der Waals surface area contributed by atoms with Gasteiger partial charge in [0.15, 0.2) is 0 Å². The molecule has 1 amide bonds. The first-order chi connectivity index (χ1) is 8.56. The molecule has 98 valence electrons. The van der Waals surface area contributed by atoms with Crippen molar-refractivity contribution in [2.75, 3.05) is 0 Å². The van der Waals surface area contributed by atoms with E-state index in [9.17, 15) is 4.79 Å². The highest BCUT2D eigenvalue weighted by Crippen LogP contribution is 2.24. The number of hydrogen-bond acceptors (Lipinski definition) is 1. The predicted molar refractivity (Wildman–Crippen MR) is 78.4 cm³/mol. The fraction of sp³-hybridized carbons (Fsp3) is 0.533. The van der Waals surface area contributed by atoms with Gasteiger partial charge in [-0.3, -0.25) is 4.79 Å². The summed E-state index contributed by atoms with van der Waals surface area (Å²) in [5.74, 6) is 0.0780. The number of nitrogens with one attached hydrogen (secondary N) is 1. The average molecular weight is 310 g/mol. The van der Waals surface area contributed by atoms with Crippen molar-refractivity contribution < 1.29 is 4.79 Å². The van der Waals surface area contributed by atoms with Crippen LogP contribution in [-0.4, -0.2) is 16.8 Å². The third kappa shape index (κ3) is 3.35. The minimum atomic E-state index is 0.0780. The second-order valence-electron chi connectivity index (χ2n) is 5.24. The van der Waals surface area contributed by atoms with Gasteiger partial charge < -0.3 is 5.32 Å². The summed E-state index contributed by atoms with van der Waals surface area (Å²) < 4.78 is 0. The molecule has 0 atom stereocenters. The molecular formula is C15H20BrNO. The van der Waals surface area contributed by atoms with E-state index in [4.69, 9.17) is 0 Å². The molecule has 2 nitrogen and oxygen atoms in total. The standard InChI is InChI=1S/C15H20BrNO/c1-10-3-4-11(2)14(9-10)15(18)17-13-7-5-12(16)6-8-13/h3-4,9,12-13H,5-8H2,1-2H3,(H,17,18). The second-order valence-corrected chi connectivity index (χ2v) is 6.54. The van der Waals surface area contributed by atoms with E-state index < -0.39 is 0 Å². The maximum absolute atomic E-state index is 12.2. The normalized spacial score (nSPS) is 23.7. The predicted octanol–water partition coefficient (Wildman–Crippen LogP) is 3.74. The molecule has 0 aliphatic heterocycles. The molecule has 1 aliphatic carbocycles.